The monoisotopic (exact) mass is 675 g/mol. The Morgan fingerprint density at radius 1 is 1.20 bits per heavy atom. The number of aromatic nitrogens is 6. The lowest BCUT2D eigenvalue weighted by Crippen LogP contribution is -2.41. The van der Waals surface area contributed by atoms with E-state index in [1.54, 1.807) is 13.8 Å². The lowest BCUT2D eigenvalue weighted by atomic mass is 9.82. The maximum atomic E-state index is 11.6. The van der Waals surface area contributed by atoms with Crippen molar-refractivity contribution in [2.75, 3.05) is 38.3 Å². The second-order valence-electron chi connectivity index (χ2n) is 13.2. The van der Waals surface area contributed by atoms with Crippen molar-refractivity contribution in [3.05, 3.63) is 47.5 Å². The molecule has 2 fully saturated rings. The van der Waals surface area contributed by atoms with Crippen LogP contribution in [0.5, 0.6) is 0 Å². The molecule has 0 amide bonds. The van der Waals surface area contributed by atoms with Gasteiger partial charge in [0, 0.05) is 49.3 Å². The topological polar surface area (TPSA) is 171 Å². The number of aryl methyl sites for hydroxylation is 1. The maximum absolute atomic E-state index is 11.6. The van der Waals surface area contributed by atoms with Gasteiger partial charge in [0.1, 0.15) is 12.4 Å². The van der Waals surface area contributed by atoms with E-state index >= 15 is 0 Å². The molecule has 2 atom stereocenters. The third-order valence-corrected chi connectivity index (χ3v) is 9.38. The molecule has 14 heteroatoms. The van der Waals surface area contributed by atoms with Crippen molar-refractivity contribution in [3.63, 3.8) is 0 Å². The highest BCUT2D eigenvalue weighted by atomic mass is 16.7. The number of hydrogen-bond acceptors (Lipinski definition) is 13. The highest BCUT2D eigenvalue weighted by Gasteiger charge is 2.32. The Kier molecular flexibility index (Phi) is 12.9. The molecule has 264 valence electrons. The van der Waals surface area contributed by atoms with Crippen LogP contribution in [0.4, 0.5) is 10.6 Å². The van der Waals surface area contributed by atoms with Gasteiger partial charge in [0.15, 0.2) is 12.1 Å². The van der Waals surface area contributed by atoms with Crippen molar-refractivity contribution in [1.82, 2.24) is 35.5 Å². The van der Waals surface area contributed by atoms with E-state index in [0.29, 0.717) is 44.1 Å². The highest BCUT2D eigenvalue weighted by Crippen LogP contribution is 2.32. The van der Waals surface area contributed by atoms with Crippen LogP contribution >= 0.6 is 0 Å². The van der Waals surface area contributed by atoms with E-state index in [4.69, 9.17) is 28.9 Å². The zero-order chi connectivity index (χ0) is 34.6. The van der Waals surface area contributed by atoms with Gasteiger partial charge in [0.2, 0.25) is 0 Å². The van der Waals surface area contributed by atoms with Crippen molar-refractivity contribution < 1.29 is 23.7 Å². The summed E-state index contributed by atoms with van der Waals surface area (Å²) in [5.41, 5.74) is 3.76. The van der Waals surface area contributed by atoms with Gasteiger partial charge in [-0.15, -0.1) is 5.10 Å². The van der Waals surface area contributed by atoms with Crippen LogP contribution in [0.3, 0.4) is 0 Å². The van der Waals surface area contributed by atoms with Crippen LogP contribution in [0.2, 0.25) is 0 Å². The number of nitrogens with one attached hydrogen (secondary N) is 2. The minimum Gasteiger partial charge on any atom is -0.435 e. The zero-order valence-corrected chi connectivity index (χ0v) is 29.1. The number of nitriles is 1. The third-order valence-electron chi connectivity index (χ3n) is 9.38. The first-order chi connectivity index (χ1) is 23.8. The maximum Gasteiger partial charge on any atom is 0.510 e. The summed E-state index contributed by atoms with van der Waals surface area (Å²) < 4.78 is 22.8. The zero-order valence-electron chi connectivity index (χ0n) is 29.1. The van der Waals surface area contributed by atoms with E-state index in [1.165, 1.54) is 4.68 Å². The van der Waals surface area contributed by atoms with Crippen LogP contribution in [-0.4, -0.2) is 81.4 Å². The second-order valence-corrected chi connectivity index (χ2v) is 13.2. The molecule has 1 saturated heterocycles. The molecule has 49 heavy (non-hydrogen) atoms. The van der Waals surface area contributed by atoms with Crippen molar-refractivity contribution >= 4 is 12.0 Å². The molecule has 1 aliphatic carbocycles. The molecule has 3 aromatic heterocycles. The number of tetrazole rings is 1. The van der Waals surface area contributed by atoms with Gasteiger partial charge < -0.3 is 29.6 Å². The Balaban J connectivity index is 1.06. The molecule has 2 aliphatic rings. The summed E-state index contributed by atoms with van der Waals surface area (Å²) in [6.45, 7) is 10.3. The summed E-state index contributed by atoms with van der Waals surface area (Å²) in [4.78, 5) is 21.3. The number of rotatable bonds is 15. The standard InChI is InChI=1S/C35H49N9O5/c1-5-48-34(45)49-26(4)44-33(41-42-43-44)21-47-20-25(3)39-28-11-9-27(10-12-28)17-29-18-30(24(2)19-37-29)31-7-6-8-32(40-31)38-23-35(22-36)13-15-46-16-14-35/h6-8,18-19,25-28,39H,5,9-17,20-21,23H2,1-4H3,(H,38,40)/t25-,26-,27?,28?/m0/s1. The van der Waals surface area contributed by atoms with Crippen molar-refractivity contribution in [2.45, 2.75) is 97.6 Å². The molecule has 2 N–H and O–H groups in total. The Bertz CT molecular complexity index is 1550. The van der Waals surface area contributed by atoms with Crippen LogP contribution in [-0.2, 0) is 32.0 Å². The average molecular weight is 676 g/mol. The number of hydrogen-bond donors (Lipinski definition) is 2. The van der Waals surface area contributed by atoms with Gasteiger partial charge >= 0.3 is 6.16 Å². The number of carbonyl (C=O) groups is 1. The van der Waals surface area contributed by atoms with Crippen molar-refractivity contribution in [3.8, 4) is 17.3 Å². The normalized spacial score (nSPS) is 20.1. The summed E-state index contributed by atoms with van der Waals surface area (Å²) >= 11 is 0. The molecular weight excluding hydrogens is 626 g/mol. The van der Waals surface area contributed by atoms with Crippen LogP contribution in [0.25, 0.3) is 11.3 Å². The molecular formula is C35H49N9O5. The number of nitrogens with zero attached hydrogens (tertiary/aromatic N) is 7. The van der Waals surface area contributed by atoms with Gasteiger partial charge in [-0.3, -0.25) is 4.98 Å². The van der Waals surface area contributed by atoms with Crippen LogP contribution in [0.1, 0.15) is 82.6 Å². The van der Waals surface area contributed by atoms with E-state index < -0.39 is 17.8 Å². The van der Waals surface area contributed by atoms with E-state index in [1.807, 2.05) is 24.4 Å². The number of ether oxygens (including phenoxy) is 4. The quantitative estimate of drug-likeness (QED) is 0.203. The molecule has 0 radical (unpaired) electrons. The van der Waals surface area contributed by atoms with E-state index in [2.05, 4.69) is 52.1 Å². The van der Waals surface area contributed by atoms with Crippen molar-refractivity contribution in [1.29, 1.82) is 5.26 Å². The van der Waals surface area contributed by atoms with Gasteiger partial charge in [-0.1, -0.05) is 6.07 Å². The first-order valence-electron chi connectivity index (χ1n) is 17.4. The predicted molar refractivity (Wildman–Crippen MR) is 181 cm³/mol. The molecule has 0 unspecified atom stereocenters. The fourth-order valence-electron chi connectivity index (χ4n) is 6.53. The van der Waals surface area contributed by atoms with E-state index in [9.17, 15) is 10.1 Å². The predicted octanol–water partition coefficient (Wildman–Crippen LogP) is 5.16. The fourth-order valence-corrected chi connectivity index (χ4v) is 6.53. The Morgan fingerprint density at radius 3 is 2.76 bits per heavy atom. The third kappa shape index (κ3) is 10.2. The summed E-state index contributed by atoms with van der Waals surface area (Å²) in [5, 5.41) is 28.6. The summed E-state index contributed by atoms with van der Waals surface area (Å²) in [5.74, 6) is 1.82. The molecule has 4 heterocycles. The van der Waals surface area contributed by atoms with Gasteiger partial charge in [0.05, 0.1) is 30.4 Å². The van der Waals surface area contributed by atoms with Crippen LogP contribution < -0.4 is 10.6 Å². The van der Waals surface area contributed by atoms with Crippen LogP contribution in [0.15, 0.2) is 30.5 Å². The smallest absolute Gasteiger partial charge is 0.435 e. The molecule has 0 spiro atoms. The average Bonchev–Trinajstić information content (AvgIpc) is 3.58. The largest absolute Gasteiger partial charge is 0.510 e. The Hall–Kier alpha value is -4.19. The van der Waals surface area contributed by atoms with E-state index in [-0.39, 0.29) is 19.3 Å². The summed E-state index contributed by atoms with van der Waals surface area (Å²) in [6.07, 6.45) is 7.34. The summed E-state index contributed by atoms with van der Waals surface area (Å²) in [6, 6.07) is 11.3. The second kappa shape index (κ2) is 17.5. The molecule has 3 aromatic rings. The molecule has 5 rings (SSSR count). The molecule has 1 aliphatic heterocycles. The fraction of sp³-hybridized carbons (Fsp3) is 0.629. The first kappa shape index (κ1) is 36.1. The number of anilines is 1. The lowest BCUT2D eigenvalue weighted by Gasteiger charge is -2.31. The van der Waals surface area contributed by atoms with Gasteiger partial charge in [-0.25, -0.2) is 9.78 Å². The molecule has 14 nitrogen and oxygen atoms in total. The van der Waals surface area contributed by atoms with Gasteiger partial charge in [-0.05, 0) is 113 Å². The van der Waals surface area contributed by atoms with Crippen molar-refractivity contribution in [2.24, 2.45) is 11.3 Å². The Labute approximate surface area is 288 Å². The minimum absolute atomic E-state index is 0.153. The van der Waals surface area contributed by atoms with Gasteiger partial charge in [0.25, 0.3) is 0 Å². The Morgan fingerprint density at radius 2 is 2.00 bits per heavy atom. The number of pyridine rings is 2. The molecule has 1 saturated carbocycles. The minimum atomic E-state index is -0.769. The lowest BCUT2D eigenvalue weighted by molar-refractivity contribution is -0.00390. The van der Waals surface area contributed by atoms with Crippen LogP contribution in [0, 0.1) is 29.6 Å². The van der Waals surface area contributed by atoms with E-state index in [0.717, 1.165) is 73.3 Å². The highest BCUT2D eigenvalue weighted by molar-refractivity contribution is 5.65. The SMILES string of the molecule is CCOC(=O)O[C@@H](C)n1nnnc1COC[C@H](C)NC1CCC(Cc2cc(-c3cccc(NCC4(C#N)CCOCC4)n3)c(C)cn2)CC1. The first-order valence-corrected chi connectivity index (χ1v) is 17.4. The molecule has 0 bridgehead atoms. The molecule has 0 aromatic carbocycles. The summed E-state index contributed by atoms with van der Waals surface area (Å²) in [7, 11) is 0. The van der Waals surface area contributed by atoms with Gasteiger partial charge in [-0.2, -0.15) is 9.94 Å². The number of carbonyl (C=O) groups excluding carboxylic acids is 1.